The van der Waals surface area contributed by atoms with E-state index in [-0.39, 0.29) is 5.56 Å². The lowest BCUT2D eigenvalue weighted by molar-refractivity contribution is 0.0697. The molecular formula is C14H10Cl2O3. The fourth-order valence-corrected chi connectivity index (χ4v) is 2.15. The van der Waals surface area contributed by atoms with Crippen molar-refractivity contribution in [3.63, 3.8) is 0 Å². The van der Waals surface area contributed by atoms with Crippen molar-refractivity contribution in [2.24, 2.45) is 0 Å². The fraction of sp³-hybridized carbons (Fsp3) is 0.0714. The van der Waals surface area contributed by atoms with Crippen molar-refractivity contribution in [3.8, 4) is 16.9 Å². The summed E-state index contributed by atoms with van der Waals surface area (Å²) in [6.45, 7) is 0. The van der Waals surface area contributed by atoms with Crippen molar-refractivity contribution < 1.29 is 14.6 Å². The summed E-state index contributed by atoms with van der Waals surface area (Å²) in [6.07, 6.45) is 0. The van der Waals surface area contributed by atoms with Gasteiger partial charge >= 0.3 is 5.97 Å². The van der Waals surface area contributed by atoms with E-state index >= 15 is 0 Å². The number of benzene rings is 2. The molecule has 0 saturated heterocycles. The number of aromatic carboxylic acids is 1. The summed E-state index contributed by atoms with van der Waals surface area (Å²) < 4.78 is 5.13. The highest BCUT2D eigenvalue weighted by Gasteiger charge is 2.09. The number of hydrogen-bond acceptors (Lipinski definition) is 2. The first-order chi connectivity index (χ1) is 9.01. The summed E-state index contributed by atoms with van der Waals surface area (Å²) in [7, 11) is 1.52. The first-order valence-electron chi connectivity index (χ1n) is 5.39. The molecule has 19 heavy (non-hydrogen) atoms. The van der Waals surface area contributed by atoms with Gasteiger partial charge in [-0.3, -0.25) is 0 Å². The van der Waals surface area contributed by atoms with Gasteiger partial charge in [0.1, 0.15) is 5.75 Å². The highest BCUT2D eigenvalue weighted by molar-refractivity contribution is 6.32. The quantitative estimate of drug-likeness (QED) is 0.915. The monoisotopic (exact) mass is 296 g/mol. The van der Waals surface area contributed by atoms with Gasteiger partial charge in [-0.1, -0.05) is 29.3 Å². The van der Waals surface area contributed by atoms with Gasteiger partial charge in [-0.15, -0.1) is 0 Å². The molecule has 0 bridgehead atoms. The Morgan fingerprint density at radius 3 is 2.47 bits per heavy atom. The summed E-state index contributed by atoms with van der Waals surface area (Å²) in [5, 5.41) is 9.88. The second kappa shape index (κ2) is 5.51. The number of carbonyl (C=O) groups is 1. The second-order valence-corrected chi connectivity index (χ2v) is 4.73. The zero-order chi connectivity index (χ0) is 14.0. The molecule has 0 radical (unpaired) electrons. The average Bonchev–Trinajstić information content (AvgIpc) is 2.38. The van der Waals surface area contributed by atoms with Crippen molar-refractivity contribution in [2.75, 3.05) is 7.11 Å². The largest absolute Gasteiger partial charge is 0.495 e. The van der Waals surface area contributed by atoms with Crippen LogP contribution in [0.3, 0.4) is 0 Å². The van der Waals surface area contributed by atoms with Crippen LogP contribution in [0, 0.1) is 0 Å². The van der Waals surface area contributed by atoms with E-state index in [1.165, 1.54) is 13.2 Å². The van der Waals surface area contributed by atoms with Crippen LogP contribution < -0.4 is 4.74 Å². The molecule has 0 saturated carbocycles. The Bertz CT molecular complexity index is 639. The lowest BCUT2D eigenvalue weighted by Gasteiger charge is -2.08. The molecule has 2 aromatic carbocycles. The van der Waals surface area contributed by atoms with Crippen LogP contribution in [-0.4, -0.2) is 18.2 Å². The predicted octanol–water partition coefficient (Wildman–Crippen LogP) is 4.37. The second-order valence-electron chi connectivity index (χ2n) is 3.88. The van der Waals surface area contributed by atoms with Crippen molar-refractivity contribution in [1.82, 2.24) is 0 Å². The number of rotatable bonds is 3. The van der Waals surface area contributed by atoms with Crippen LogP contribution in [0.5, 0.6) is 5.75 Å². The smallest absolute Gasteiger partial charge is 0.335 e. The van der Waals surface area contributed by atoms with E-state index in [1.54, 1.807) is 30.3 Å². The molecule has 0 amide bonds. The standard InChI is InChI=1S/C14H10Cl2O3/c1-19-13-7-8(2-3-12(13)16)9-4-10(14(17)18)6-11(15)5-9/h2-7H,1H3,(H,17,18). The van der Waals surface area contributed by atoms with Gasteiger partial charge < -0.3 is 9.84 Å². The molecule has 0 aliphatic carbocycles. The number of ether oxygens (including phenoxy) is 1. The Labute approximate surface area is 120 Å². The molecule has 0 aromatic heterocycles. The molecule has 3 nitrogen and oxygen atoms in total. The number of halogens is 2. The maximum absolute atomic E-state index is 11.0. The van der Waals surface area contributed by atoms with Crippen LogP contribution in [0.2, 0.25) is 10.0 Å². The number of methoxy groups -OCH3 is 1. The summed E-state index contributed by atoms with van der Waals surface area (Å²) in [6, 6.07) is 9.85. The molecule has 0 spiro atoms. The summed E-state index contributed by atoms with van der Waals surface area (Å²) >= 11 is 11.9. The van der Waals surface area contributed by atoms with Gasteiger partial charge in [-0.2, -0.15) is 0 Å². The predicted molar refractivity (Wildman–Crippen MR) is 75.4 cm³/mol. The average molecular weight is 297 g/mol. The van der Waals surface area contributed by atoms with Crippen LogP contribution in [0.1, 0.15) is 10.4 Å². The molecule has 0 aliphatic heterocycles. The molecule has 0 fully saturated rings. The van der Waals surface area contributed by atoms with Crippen molar-refractivity contribution in [1.29, 1.82) is 0 Å². The SMILES string of the molecule is COc1cc(-c2cc(Cl)cc(C(=O)O)c2)ccc1Cl. The minimum Gasteiger partial charge on any atom is -0.495 e. The molecule has 2 aromatic rings. The van der Waals surface area contributed by atoms with Crippen LogP contribution >= 0.6 is 23.2 Å². The van der Waals surface area contributed by atoms with E-state index in [1.807, 2.05) is 0 Å². The molecule has 0 aliphatic rings. The van der Waals surface area contributed by atoms with Crippen molar-refractivity contribution >= 4 is 29.2 Å². The molecule has 98 valence electrons. The summed E-state index contributed by atoms with van der Waals surface area (Å²) in [4.78, 5) is 11.0. The normalized spacial score (nSPS) is 10.3. The Hall–Kier alpha value is -1.71. The zero-order valence-electron chi connectivity index (χ0n) is 9.98. The lowest BCUT2D eigenvalue weighted by Crippen LogP contribution is -1.96. The van der Waals surface area contributed by atoms with Crippen LogP contribution in [0.4, 0.5) is 0 Å². The first kappa shape index (κ1) is 13.7. The van der Waals surface area contributed by atoms with Gasteiger partial charge in [0.25, 0.3) is 0 Å². The van der Waals surface area contributed by atoms with E-state index < -0.39 is 5.97 Å². The van der Waals surface area contributed by atoms with E-state index in [0.717, 1.165) is 5.56 Å². The first-order valence-corrected chi connectivity index (χ1v) is 6.14. The van der Waals surface area contributed by atoms with Crippen LogP contribution in [0.15, 0.2) is 36.4 Å². The Balaban J connectivity index is 2.55. The molecule has 2 rings (SSSR count). The minimum absolute atomic E-state index is 0.136. The van der Waals surface area contributed by atoms with Gasteiger partial charge in [0.15, 0.2) is 0 Å². The van der Waals surface area contributed by atoms with E-state index in [0.29, 0.717) is 21.4 Å². The highest BCUT2D eigenvalue weighted by atomic mass is 35.5. The maximum Gasteiger partial charge on any atom is 0.335 e. The Kier molecular flexibility index (Phi) is 3.98. The Morgan fingerprint density at radius 1 is 1.11 bits per heavy atom. The van der Waals surface area contributed by atoms with Crippen molar-refractivity contribution in [2.45, 2.75) is 0 Å². The zero-order valence-corrected chi connectivity index (χ0v) is 11.5. The Morgan fingerprint density at radius 2 is 1.84 bits per heavy atom. The minimum atomic E-state index is -1.02. The molecule has 5 heteroatoms. The van der Waals surface area contributed by atoms with E-state index in [2.05, 4.69) is 0 Å². The summed E-state index contributed by atoms with van der Waals surface area (Å²) in [5.74, 6) is -0.499. The summed E-state index contributed by atoms with van der Waals surface area (Å²) in [5.41, 5.74) is 1.61. The van der Waals surface area contributed by atoms with Crippen molar-refractivity contribution in [3.05, 3.63) is 52.0 Å². The van der Waals surface area contributed by atoms with Gasteiger partial charge in [0.05, 0.1) is 17.7 Å². The van der Waals surface area contributed by atoms with Gasteiger partial charge in [-0.25, -0.2) is 4.79 Å². The maximum atomic E-state index is 11.0. The molecule has 1 N–H and O–H groups in total. The van der Waals surface area contributed by atoms with Gasteiger partial charge in [0.2, 0.25) is 0 Å². The van der Waals surface area contributed by atoms with Gasteiger partial charge in [0, 0.05) is 5.02 Å². The van der Waals surface area contributed by atoms with E-state index in [9.17, 15) is 4.79 Å². The van der Waals surface area contributed by atoms with E-state index in [4.69, 9.17) is 33.0 Å². The lowest BCUT2D eigenvalue weighted by atomic mass is 10.0. The number of hydrogen-bond donors (Lipinski definition) is 1. The third-order valence-electron chi connectivity index (χ3n) is 2.63. The number of carboxylic acid groups (broad SMARTS) is 1. The molecule has 0 atom stereocenters. The molecular weight excluding hydrogens is 287 g/mol. The van der Waals surface area contributed by atoms with Crippen LogP contribution in [-0.2, 0) is 0 Å². The molecule has 0 unspecified atom stereocenters. The third-order valence-corrected chi connectivity index (χ3v) is 3.16. The van der Waals surface area contributed by atoms with Gasteiger partial charge in [-0.05, 0) is 41.5 Å². The number of carboxylic acids is 1. The highest BCUT2D eigenvalue weighted by Crippen LogP contribution is 2.32. The topological polar surface area (TPSA) is 46.5 Å². The van der Waals surface area contributed by atoms with Crippen LogP contribution in [0.25, 0.3) is 11.1 Å². The molecule has 0 heterocycles. The third kappa shape index (κ3) is 3.00. The fourth-order valence-electron chi connectivity index (χ4n) is 1.72.